The fraction of sp³-hybridized carbons (Fsp3) is 0.778. The van der Waals surface area contributed by atoms with Crippen LogP contribution >= 0.6 is 0 Å². The Morgan fingerprint density at radius 2 is 1.03 bits per heavy atom. The van der Waals surface area contributed by atoms with Crippen LogP contribution < -0.4 is 17.1 Å². The van der Waals surface area contributed by atoms with E-state index in [4.69, 9.17) is 0 Å². The number of hydrogen-bond donors (Lipinski definition) is 0. The Balaban J connectivity index is 1.84. The van der Waals surface area contributed by atoms with Crippen LogP contribution in [0.5, 0.6) is 0 Å². The van der Waals surface area contributed by atoms with Crippen molar-refractivity contribution in [1.82, 2.24) is 13.7 Å². The average molecular weight is 541 g/mol. The van der Waals surface area contributed by atoms with Gasteiger partial charge in [-0.3, -0.25) is 0 Å². The lowest BCUT2D eigenvalue weighted by atomic mass is 9.84. The first-order valence-electron chi connectivity index (χ1n) is 14.1. The molecule has 3 aliphatic rings. The molecule has 3 aliphatic carbocycles. The van der Waals surface area contributed by atoms with Crippen molar-refractivity contribution in [3.63, 3.8) is 0 Å². The summed E-state index contributed by atoms with van der Waals surface area (Å²) in [6, 6.07) is -1.32. The molecule has 1 aromatic rings. The van der Waals surface area contributed by atoms with Crippen LogP contribution in [-0.4, -0.2) is 51.6 Å². The topological polar surface area (TPSA) is 154 Å². The first kappa shape index (κ1) is 28.6. The number of aliphatic imine (C=N–C) groups is 3. The van der Waals surface area contributed by atoms with Crippen molar-refractivity contribution in [1.29, 1.82) is 0 Å². The first-order chi connectivity index (χ1) is 19.0. The average Bonchev–Trinajstić information content (AvgIpc) is 2.95. The Kier molecular flexibility index (Phi) is 9.93. The molecule has 0 radical (unpaired) electrons. The highest BCUT2D eigenvalue weighted by Gasteiger charge is 2.36. The first-order valence-corrected chi connectivity index (χ1v) is 14.1. The summed E-state index contributed by atoms with van der Waals surface area (Å²) in [4.78, 5) is 85.6. The van der Waals surface area contributed by atoms with Crippen LogP contribution in [0.2, 0.25) is 0 Å². The monoisotopic (exact) mass is 540 g/mol. The third kappa shape index (κ3) is 6.41. The summed E-state index contributed by atoms with van der Waals surface area (Å²) in [5.74, 6) is -0.114. The van der Waals surface area contributed by atoms with Gasteiger partial charge in [0, 0.05) is 24.0 Å². The summed E-state index contributed by atoms with van der Waals surface area (Å²) in [7, 11) is 0. The maximum Gasteiger partial charge on any atom is 0.336 e. The van der Waals surface area contributed by atoms with E-state index < -0.39 is 35.2 Å². The minimum atomic E-state index is -0.615. The lowest BCUT2D eigenvalue weighted by Gasteiger charge is -2.35. The highest BCUT2D eigenvalue weighted by atomic mass is 16.2. The zero-order valence-corrected chi connectivity index (χ0v) is 22.2. The van der Waals surface area contributed by atoms with E-state index in [9.17, 15) is 28.8 Å². The van der Waals surface area contributed by atoms with Crippen LogP contribution in [0.1, 0.15) is 95.2 Å². The van der Waals surface area contributed by atoms with Crippen LogP contribution in [0.3, 0.4) is 0 Å². The summed E-state index contributed by atoms with van der Waals surface area (Å²) in [5.41, 5.74) is -1.83. The van der Waals surface area contributed by atoms with Gasteiger partial charge in [0.15, 0.2) is 0 Å². The third-order valence-corrected chi connectivity index (χ3v) is 8.90. The smallest absolute Gasteiger partial charge is 0.247 e. The summed E-state index contributed by atoms with van der Waals surface area (Å²) in [6.45, 7) is 0.751. The van der Waals surface area contributed by atoms with Gasteiger partial charge in [-0.05, 0) is 63.2 Å². The zero-order chi connectivity index (χ0) is 27.8. The molecular weight excluding hydrogens is 504 g/mol. The lowest BCUT2D eigenvalue weighted by Crippen LogP contribution is -2.59. The van der Waals surface area contributed by atoms with Crippen molar-refractivity contribution in [2.45, 2.75) is 95.2 Å². The Labute approximate surface area is 225 Å². The zero-order valence-electron chi connectivity index (χ0n) is 22.2. The minimum absolute atomic E-state index is 0.0370. The summed E-state index contributed by atoms with van der Waals surface area (Å²) < 4.78 is 3.78. The molecule has 12 nitrogen and oxygen atoms in total. The van der Waals surface area contributed by atoms with E-state index in [1.807, 2.05) is 0 Å². The van der Waals surface area contributed by atoms with E-state index in [0.717, 1.165) is 38.5 Å². The number of rotatable bonds is 9. The Bertz CT molecular complexity index is 1270. The molecule has 0 saturated heterocycles. The molecule has 6 unspecified atom stereocenters. The Morgan fingerprint density at radius 1 is 0.564 bits per heavy atom. The third-order valence-electron chi connectivity index (χ3n) is 8.90. The van der Waals surface area contributed by atoms with Crippen molar-refractivity contribution >= 4 is 18.2 Å². The molecule has 1 aromatic heterocycles. The normalized spacial score (nSPS) is 28.9. The highest BCUT2D eigenvalue weighted by Crippen LogP contribution is 2.35. The number of carbonyl (C=O) groups excluding carboxylic acids is 3. The summed E-state index contributed by atoms with van der Waals surface area (Å²) >= 11 is 0. The molecule has 0 aromatic carbocycles. The molecule has 6 atom stereocenters. The van der Waals surface area contributed by atoms with Crippen molar-refractivity contribution in [3.8, 4) is 0 Å². The Hall–Kier alpha value is -3.45. The van der Waals surface area contributed by atoms with E-state index >= 15 is 0 Å². The van der Waals surface area contributed by atoms with Gasteiger partial charge in [0.05, 0.1) is 19.6 Å². The van der Waals surface area contributed by atoms with Crippen molar-refractivity contribution in [2.75, 3.05) is 19.6 Å². The SMILES string of the molecule is O=C=NCC1CCCC(n2c(=O)n(C3CCCC(CN=C=O)C3)c(=O)n(C3CCCCC3CN=C=O)c2=O)C1. The molecule has 39 heavy (non-hydrogen) atoms. The van der Waals surface area contributed by atoms with Gasteiger partial charge in [-0.2, -0.15) is 0 Å². The van der Waals surface area contributed by atoms with E-state index in [-0.39, 0.29) is 24.3 Å². The van der Waals surface area contributed by atoms with Crippen LogP contribution in [0.25, 0.3) is 0 Å². The molecule has 0 N–H and O–H groups in total. The number of isocyanates is 3. The van der Waals surface area contributed by atoms with Crippen molar-refractivity contribution in [3.05, 3.63) is 31.5 Å². The fourth-order valence-corrected chi connectivity index (χ4v) is 7.06. The second kappa shape index (κ2) is 13.6. The van der Waals surface area contributed by atoms with Crippen LogP contribution in [0.4, 0.5) is 0 Å². The molecule has 0 aliphatic heterocycles. The largest absolute Gasteiger partial charge is 0.336 e. The second-order valence-electron chi connectivity index (χ2n) is 11.2. The highest BCUT2D eigenvalue weighted by molar-refractivity contribution is 5.33. The molecule has 3 saturated carbocycles. The molecule has 3 fully saturated rings. The van der Waals surface area contributed by atoms with Gasteiger partial charge in [-0.25, -0.2) is 57.4 Å². The maximum absolute atomic E-state index is 14.1. The quantitative estimate of drug-likeness (QED) is 0.346. The van der Waals surface area contributed by atoms with E-state index in [2.05, 4.69) is 15.0 Å². The number of hydrogen-bond acceptors (Lipinski definition) is 9. The summed E-state index contributed by atoms with van der Waals surface area (Å²) in [5, 5.41) is 0. The van der Waals surface area contributed by atoms with Crippen molar-refractivity contribution < 1.29 is 14.4 Å². The lowest BCUT2D eigenvalue weighted by molar-refractivity contribution is 0.187. The molecule has 12 heteroatoms. The van der Waals surface area contributed by atoms with Gasteiger partial charge >= 0.3 is 17.1 Å². The maximum atomic E-state index is 14.1. The summed E-state index contributed by atoms with van der Waals surface area (Å²) in [6.07, 6.45) is 13.2. The molecule has 0 bridgehead atoms. The van der Waals surface area contributed by atoms with Gasteiger partial charge in [0.1, 0.15) is 0 Å². The Morgan fingerprint density at radius 3 is 1.54 bits per heavy atom. The molecule has 0 amide bonds. The van der Waals surface area contributed by atoms with E-state index in [1.54, 1.807) is 18.2 Å². The van der Waals surface area contributed by atoms with Gasteiger partial charge in [-0.1, -0.05) is 25.7 Å². The fourth-order valence-electron chi connectivity index (χ4n) is 7.06. The predicted octanol–water partition coefficient (Wildman–Crippen LogP) is 2.37. The predicted molar refractivity (Wildman–Crippen MR) is 141 cm³/mol. The van der Waals surface area contributed by atoms with E-state index in [1.165, 1.54) is 13.7 Å². The number of aromatic nitrogens is 3. The minimum Gasteiger partial charge on any atom is -0.247 e. The van der Waals surface area contributed by atoms with Gasteiger partial charge in [0.25, 0.3) is 0 Å². The van der Waals surface area contributed by atoms with Gasteiger partial charge < -0.3 is 0 Å². The molecule has 4 rings (SSSR count). The standard InChI is InChI=1S/C27H36N6O6/c34-16-28-13-19-5-3-8-22(11-19)31-25(37)32(23-9-4-6-20(12-23)14-29-17-35)27(39)33(26(31)38)24-10-2-1-7-21(24)15-30-18-36/h19-24H,1-15H2. The van der Waals surface area contributed by atoms with Crippen LogP contribution in [0.15, 0.2) is 29.4 Å². The van der Waals surface area contributed by atoms with E-state index in [0.29, 0.717) is 51.6 Å². The van der Waals surface area contributed by atoms with Crippen molar-refractivity contribution in [2.24, 2.45) is 32.7 Å². The number of nitrogens with zero attached hydrogens (tertiary/aromatic N) is 6. The molecule has 1 heterocycles. The van der Waals surface area contributed by atoms with Gasteiger partial charge in [-0.15, -0.1) is 0 Å². The second-order valence-corrected chi connectivity index (χ2v) is 11.2. The van der Waals surface area contributed by atoms with Gasteiger partial charge in [0.2, 0.25) is 18.2 Å². The van der Waals surface area contributed by atoms with Crippen LogP contribution in [0, 0.1) is 17.8 Å². The van der Waals surface area contributed by atoms with Crippen LogP contribution in [-0.2, 0) is 14.4 Å². The molecule has 210 valence electrons. The molecular formula is C27H36N6O6. The molecule has 0 spiro atoms.